The van der Waals surface area contributed by atoms with E-state index in [4.69, 9.17) is 0 Å². The predicted octanol–water partition coefficient (Wildman–Crippen LogP) is 0.326. The Morgan fingerprint density at radius 2 is 2.33 bits per heavy atom. The van der Waals surface area contributed by atoms with Crippen LogP contribution in [0.5, 0.6) is 0 Å². The second kappa shape index (κ2) is 5.24. The zero-order chi connectivity index (χ0) is 11.4. The third-order valence-corrected chi connectivity index (χ3v) is 2.80. The average molecular weight is 321 g/mol. The molecule has 0 aliphatic carbocycles. The van der Waals surface area contributed by atoms with Gasteiger partial charge in [-0.3, -0.25) is 14.2 Å². The number of hydrogen-bond acceptors (Lipinski definition) is 3. The second-order valence-corrected chi connectivity index (χ2v) is 4.24. The first-order valence-electron chi connectivity index (χ1n) is 4.50. The Kier molecular flexibility index (Phi) is 4.25. The molecule has 1 amide bonds. The van der Waals surface area contributed by atoms with Crippen LogP contribution in [0.25, 0.3) is 0 Å². The highest BCUT2D eigenvalue weighted by Gasteiger charge is 2.09. The Morgan fingerprint density at radius 1 is 1.67 bits per heavy atom. The first kappa shape index (κ1) is 12.2. The molecule has 0 aromatic carbocycles. The van der Waals surface area contributed by atoms with E-state index in [1.165, 1.54) is 17.1 Å². The van der Waals surface area contributed by atoms with Crippen molar-refractivity contribution in [1.82, 2.24) is 14.5 Å². The van der Waals surface area contributed by atoms with E-state index in [0.717, 1.165) is 0 Å². The number of aromatic nitrogens is 2. The van der Waals surface area contributed by atoms with Crippen molar-refractivity contribution in [2.75, 3.05) is 13.6 Å². The lowest BCUT2D eigenvalue weighted by Crippen LogP contribution is -2.34. The molecular weight excluding hydrogens is 309 g/mol. The molecule has 1 rings (SSSR count). The lowest BCUT2D eigenvalue weighted by molar-refractivity contribution is -0.130. The summed E-state index contributed by atoms with van der Waals surface area (Å²) in [7, 11) is 1.70. The summed E-state index contributed by atoms with van der Waals surface area (Å²) in [6.07, 6.45) is 2.86. The van der Waals surface area contributed by atoms with Crippen LogP contribution in [0.4, 0.5) is 0 Å². The maximum Gasteiger partial charge on any atom is 0.267 e. The molecule has 0 spiro atoms. The molecule has 5 nitrogen and oxygen atoms in total. The van der Waals surface area contributed by atoms with Crippen molar-refractivity contribution in [2.45, 2.75) is 13.5 Å². The molecule has 0 aliphatic rings. The summed E-state index contributed by atoms with van der Waals surface area (Å²) in [6.45, 7) is 2.56. The lowest BCUT2D eigenvalue weighted by atomic mass is 10.5. The van der Waals surface area contributed by atoms with Crippen molar-refractivity contribution < 1.29 is 4.79 Å². The maximum absolute atomic E-state index is 11.6. The zero-order valence-electron chi connectivity index (χ0n) is 8.61. The van der Waals surface area contributed by atoms with Crippen LogP contribution < -0.4 is 5.56 Å². The van der Waals surface area contributed by atoms with Gasteiger partial charge in [-0.15, -0.1) is 0 Å². The van der Waals surface area contributed by atoms with Gasteiger partial charge in [-0.1, -0.05) is 0 Å². The number of carbonyl (C=O) groups excluding carboxylic acids is 1. The van der Waals surface area contributed by atoms with Crippen LogP contribution in [0, 0.1) is 3.57 Å². The minimum absolute atomic E-state index is 0.0486. The number of likely N-dealkylation sites (N-methyl/N-ethyl adjacent to an activating group) is 1. The van der Waals surface area contributed by atoms with Gasteiger partial charge in [0.05, 0.1) is 9.90 Å². The van der Waals surface area contributed by atoms with E-state index in [2.05, 4.69) is 4.98 Å². The van der Waals surface area contributed by atoms with Crippen LogP contribution in [0.1, 0.15) is 6.92 Å². The molecular formula is C9H12IN3O2. The van der Waals surface area contributed by atoms with E-state index >= 15 is 0 Å². The van der Waals surface area contributed by atoms with Gasteiger partial charge < -0.3 is 4.90 Å². The molecule has 0 unspecified atom stereocenters. The molecule has 15 heavy (non-hydrogen) atoms. The van der Waals surface area contributed by atoms with E-state index in [0.29, 0.717) is 10.1 Å². The fourth-order valence-electron chi connectivity index (χ4n) is 0.980. The van der Waals surface area contributed by atoms with Gasteiger partial charge in [0.1, 0.15) is 6.54 Å². The quantitative estimate of drug-likeness (QED) is 0.754. The highest BCUT2D eigenvalue weighted by Crippen LogP contribution is 1.94. The summed E-state index contributed by atoms with van der Waals surface area (Å²) in [5, 5.41) is 0. The minimum atomic E-state index is -0.177. The van der Waals surface area contributed by atoms with E-state index in [9.17, 15) is 9.59 Å². The fraction of sp³-hybridized carbons (Fsp3) is 0.444. The number of halogens is 1. The molecule has 0 fully saturated rings. The molecule has 6 heteroatoms. The number of rotatable bonds is 3. The first-order chi connectivity index (χ1) is 7.06. The number of amides is 1. The fourth-order valence-corrected chi connectivity index (χ4v) is 1.45. The SMILES string of the molecule is CCN(C)C(=O)Cn1cncc(I)c1=O. The summed E-state index contributed by atoms with van der Waals surface area (Å²) in [5.41, 5.74) is -0.177. The van der Waals surface area contributed by atoms with Crippen molar-refractivity contribution in [2.24, 2.45) is 0 Å². The number of hydrogen-bond donors (Lipinski definition) is 0. The normalized spacial score (nSPS) is 10.1. The standard InChI is InChI=1S/C9H12IN3O2/c1-3-12(2)8(14)5-13-6-11-4-7(10)9(13)15/h4,6H,3,5H2,1-2H3. The molecule has 0 N–H and O–H groups in total. The van der Waals surface area contributed by atoms with Crippen LogP contribution in [0.3, 0.4) is 0 Å². The lowest BCUT2D eigenvalue weighted by Gasteiger charge is -2.14. The number of nitrogens with zero attached hydrogens (tertiary/aromatic N) is 3. The molecule has 1 aromatic heterocycles. The Bertz CT molecular complexity index is 416. The third-order valence-electron chi connectivity index (χ3n) is 2.06. The smallest absolute Gasteiger partial charge is 0.267 e. The van der Waals surface area contributed by atoms with Gasteiger partial charge in [0, 0.05) is 19.8 Å². The van der Waals surface area contributed by atoms with Crippen LogP contribution >= 0.6 is 22.6 Å². The molecule has 0 aliphatic heterocycles. The van der Waals surface area contributed by atoms with E-state index in [1.54, 1.807) is 11.9 Å². The van der Waals surface area contributed by atoms with Crippen molar-refractivity contribution in [1.29, 1.82) is 0 Å². The largest absolute Gasteiger partial charge is 0.344 e. The molecule has 1 heterocycles. The van der Waals surface area contributed by atoms with Gasteiger partial charge in [-0.2, -0.15) is 0 Å². The Hall–Kier alpha value is -0.920. The van der Waals surface area contributed by atoms with Crippen molar-refractivity contribution in [3.63, 3.8) is 0 Å². The van der Waals surface area contributed by atoms with Crippen LogP contribution in [-0.2, 0) is 11.3 Å². The summed E-state index contributed by atoms with van der Waals surface area (Å²) in [5.74, 6) is -0.0941. The highest BCUT2D eigenvalue weighted by atomic mass is 127. The van der Waals surface area contributed by atoms with Crippen molar-refractivity contribution in [3.05, 3.63) is 26.4 Å². The number of carbonyl (C=O) groups is 1. The maximum atomic E-state index is 11.6. The monoisotopic (exact) mass is 321 g/mol. The van der Waals surface area contributed by atoms with Gasteiger partial charge in [-0.05, 0) is 29.5 Å². The van der Waals surface area contributed by atoms with E-state index < -0.39 is 0 Å². The van der Waals surface area contributed by atoms with E-state index in [1.807, 2.05) is 29.5 Å². The van der Waals surface area contributed by atoms with Crippen molar-refractivity contribution in [3.8, 4) is 0 Å². The molecule has 1 aromatic rings. The molecule has 0 saturated heterocycles. The van der Waals surface area contributed by atoms with Crippen LogP contribution in [0.2, 0.25) is 0 Å². The predicted molar refractivity (Wildman–Crippen MR) is 64.5 cm³/mol. The Labute approximate surface area is 101 Å². The summed E-state index contributed by atoms with van der Waals surface area (Å²) >= 11 is 1.90. The third kappa shape index (κ3) is 3.01. The highest BCUT2D eigenvalue weighted by molar-refractivity contribution is 14.1. The zero-order valence-corrected chi connectivity index (χ0v) is 10.8. The Balaban J connectivity index is 2.86. The molecule has 0 saturated carbocycles. The van der Waals surface area contributed by atoms with Crippen LogP contribution in [-0.4, -0.2) is 34.0 Å². The first-order valence-corrected chi connectivity index (χ1v) is 5.58. The van der Waals surface area contributed by atoms with Gasteiger partial charge in [0.2, 0.25) is 5.91 Å². The van der Waals surface area contributed by atoms with Gasteiger partial charge in [0.25, 0.3) is 5.56 Å². The van der Waals surface area contributed by atoms with Gasteiger partial charge >= 0.3 is 0 Å². The summed E-state index contributed by atoms with van der Waals surface area (Å²) in [4.78, 5) is 28.5. The molecule has 0 radical (unpaired) electrons. The summed E-state index contributed by atoms with van der Waals surface area (Å²) < 4.78 is 1.83. The van der Waals surface area contributed by atoms with Gasteiger partial charge in [0.15, 0.2) is 0 Å². The van der Waals surface area contributed by atoms with E-state index in [-0.39, 0.29) is 18.0 Å². The molecule has 0 bridgehead atoms. The Morgan fingerprint density at radius 3 is 2.93 bits per heavy atom. The molecule has 82 valence electrons. The molecule has 0 atom stereocenters. The average Bonchev–Trinajstić information content (AvgIpc) is 2.23. The second-order valence-electron chi connectivity index (χ2n) is 3.08. The minimum Gasteiger partial charge on any atom is -0.344 e. The van der Waals surface area contributed by atoms with Gasteiger partial charge in [-0.25, -0.2) is 4.98 Å². The topological polar surface area (TPSA) is 55.2 Å². The van der Waals surface area contributed by atoms with Crippen LogP contribution in [0.15, 0.2) is 17.3 Å². The van der Waals surface area contributed by atoms with Crippen molar-refractivity contribution >= 4 is 28.5 Å². The summed E-state index contributed by atoms with van der Waals surface area (Å²) in [6, 6.07) is 0.